The van der Waals surface area contributed by atoms with Crippen molar-refractivity contribution in [1.82, 2.24) is 0 Å². The number of hydrogen-bond acceptors (Lipinski definition) is 1. The van der Waals surface area contributed by atoms with Crippen LogP contribution in [-0.2, 0) is 6.42 Å². The lowest BCUT2D eigenvalue weighted by Crippen LogP contribution is -2.03. The minimum atomic E-state index is -0.611. The van der Waals surface area contributed by atoms with Crippen LogP contribution in [0.1, 0.15) is 17.5 Å². The Morgan fingerprint density at radius 1 is 1.54 bits per heavy atom. The van der Waals surface area contributed by atoms with E-state index >= 15 is 0 Å². The standard InChI is InChI=1S/C12H14O/c1-3-12(13)8-7-11-6-4-5-10(2)9-11/h1,4-6,9,12-13H,7-8H2,2H3. The zero-order valence-electron chi connectivity index (χ0n) is 7.83. The molecular weight excluding hydrogens is 160 g/mol. The van der Waals surface area contributed by atoms with Gasteiger partial charge in [0.05, 0.1) is 0 Å². The first kappa shape index (κ1) is 9.83. The van der Waals surface area contributed by atoms with E-state index in [0.29, 0.717) is 6.42 Å². The fourth-order valence-corrected chi connectivity index (χ4v) is 1.25. The number of aliphatic hydroxyl groups excluding tert-OH is 1. The third kappa shape index (κ3) is 3.31. The van der Waals surface area contributed by atoms with E-state index in [-0.39, 0.29) is 0 Å². The second-order valence-corrected chi connectivity index (χ2v) is 3.21. The van der Waals surface area contributed by atoms with Gasteiger partial charge in [-0.2, -0.15) is 0 Å². The van der Waals surface area contributed by atoms with Gasteiger partial charge in [-0.3, -0.25) is 0 Å². The Labute approximate surface area is 79.4 Å². The van der Waals surface area contributed by atoms with Crippen molar-refractivity contribution in [2.75, 3.05) is 0 Å². The van der Waals surface area contributed by atoms with Gasteiger partial charge in [-0.1, -0.05) is 35.7 Å². The molecule has 68 valence electrons. The van der Waals surface area contributed by atoms with Crippen molar-refractivity contribution in [3.63, 3.8) is 0 Å². The summed E-state index contributed by atoms with van der Waals surface area (Å²) in [7, 11) is 0. The minimum absolute atomic E-state index is 0.611. The lowest BCUT2D eigenvalue weighted by atomic mass is 10.1. The van der Waals surface area contributed by atoms with Gasteiger partial charge >= 0.3 is 0 Å². The number of aliphatic hydroxyl groups is 1. The van der Waals surface area contributed by atoms with E-state index in [9.17, 15) is 0 Å². The van der Waals surface area contributed by atoms with Crippen molar-refractivity contribution < 1.29 is 5.11 Å². The quantitative estimate of drug-likeness (QED) is 0.694. The maximum atomic E-state index is 9.15. The molecule has 1 aromatic carbocycles. The zero-order valence-corrected chi connectivity index (χ0v) is 7.83. The molecule has 1 heteroatoms. The summed E-state index contributed by atoms with van der Waals surface area (Å²) in [6.45, 7) is 2.06. The van der Waals surface area contributed by atoms with Gasteiger partial charge in [0, 0.05) is 0 Å². The smallest absolute Gasteiger partial charge is 0.114 e. The van der Waals surface area contributed by atoms with Gasteiger partial charge in [0.25, 0.3) is 0 Å². The molecule has 0 heterocycles. The van der Waals surface area contributed by atoms with E-state index in [2.05, 4.69) is 31.0 Å². The van der Waals surface area contributed by atoms with Gasteiger partial charge in [0.2, 0.25) is 0 Å². The molecule has 0 saturated heterocycles. The molecule has 1 rings (SSSR count). The Kier molecular flexibility index (Phi) is 3.54. The van der Waals surface area contributed by atoms with Gasteiger partial charge in [0.15, 0.2) is 0 Å². The molecular formula is C12H14O. The molecule has 0 amide bonds. The first-order chi connectivity index (χ1) is 6.22. The van der Waals surface area contributed by atoms with Crippen molar-refractivity contribution in [1.29, 1.82) is 0 Å². The van der Waals surface area contributed by atoms with Crippen LogP contribution in [0.5, 0.6) is 0 Å². The normalized spacial score (nSPS) is 12.1. The monoisotopic (exact) mass is 174 g/mol. The molecule has 0 aliphatic heterocycles. The Balaban J connectivity index is 2.51. The summed E-state index contributed by atoms with van der Waals surface area (Å²) in [5.74, 6) is 2.31. The molecule has 13 heavy (non-hydrogen) atoms. The Bertz CT molecular complexity index is 309. The molecule has 0 fully saturated rings. The summed E-state index contributed by atoms with van der Waals surface area (Å²) in [4.78, 5) is 0. The highest BCUT2D eigenvalue weighted by Gasteiger charge is 1.99. The highest BCUT2D eigenvalue weighted by molar-refractivity contribution is 5.22. The third-order valence-corrected chi connectivity index (χ3v) is 1.98. The summed E-state index contributed by atoms with van der Waals surface area (Å²) < 4.78 is 0. The maximum absolute atomic E-state index is 9.15. The molecule has 0 saturated carbocycles. The van der Waals surface area contributed by atoms with Crippen molar-refractivity contribution in [3.8, 4) is 12.3 Å². The first-order valence-electron chi connectivity index (χ1n) is 4.42. The van der Waals surface area contributed by atoms with E-state index in [1.807, 2.05) is 6.07 Å². The lowest BCUT2D eigenvalue weighted by Gasteiger charge is -2.03. The Morgan fingerprint density at radius 3 is 2.92 bits per heavy atom. The molecule has 1 unspecified atom stereocenters. The Hall–Kier alpha value is -1.26. The summed E-state index contributed by atoms with van der Waals surface area (Å²) in [5, 5.41) is 9.15. The zero-order chi connectivity index (χ0) is 9.68. The highest BCUT2D eigenvalue weighted by Crippen LogP contribution is 2.07. The number of benzene rings is 1. The molecule has 0 aliphatic carbocycles. The third-order valence-electron chi connectivity index (χ3n) is 1.98. The molecule has 1 N–H and O–H groups in total. The van der Waals surface area contributed by atoms with Gasteiger partial charge in [-0.05, 0) is 25.3 Å². The van der Waals surface area contributed by atoms with Gasteiger partial charge in [-0.15, -0.1) is 6.42 Å². The first-order valence-corrected chi connectivity index (χ1v) is 4.42. The number of hydrogen-bond donors (Lipinski definition) is 1. The predicted octanol–water partition coefficient (Wildman–Crippen LogP) is 1.92. The minimum Gasteiger partial charge on any atom is -0.380 e. The molecule has 0 aromatic heterocycles. The maximum Gasteiger partial charge on any atom is 0.114 e. The number of rotatable bonds is 3. The van der Waals surface area contributed by atoms with Crippen LogP contribution in [0.25, 0.3) is 0 Å². The molecule has 1 aromatic rings. The molecule has 1 nitrogen and oxygen atoms in total. The number of aryl methyl sites for hydroxylation is 2. The van der Waals surface area contributed by atoms with Crippen LogP contribution in [-0.4, -0.2) is 11.2 Å². The van der Waals surface area contributed by atoms with E-state index in [1.165, 1.54) is 11.1 Å². The van der Waals surface area contributed by atoms with Crippen molar-refractivity contribution >= 4 is 0 Å². The van der Waals surface area contributed by atoms with Crippen LogP contribution in [0.4, 0.5) is 0 Å². The second kappa shape index (κ2) is 4.69. The SMILES string of the molecule is C#CC(O)CCc1cccc(C)c1. The van der Waals surface area contributed by atoms with Crippen molar-refractivity contribution in [2.45, 2.75) is 25.9 Å². The van der Waals surface area contributed by atoms with Crippen LogP contribution < -0.4 is 0 Å². The highest BCUT2D eigenvalue weighted by atomic mass is 16.3. The van der Waals surface area contributed by atoms with Crippen LogP contribution in [0, 0.1) is 19.3 Å². The molecule has 0 spiro atoms. The second-order valence-electron chi connectivity index (χ2n) is 3.21. The molecule has 1 atom stereocenters. The van der Waals surface area contributed by atoms with E-state index in [1.54, 1.807) is 0 Å². The van der Waals surface area contributed by atoms with Crippen LogP contribution in [0.15, 0.2) is 24.3 Å². The Morgan fingerprint density at radius 2 is 2.31 bits per heavy atom. The van der Waals surface area contributed by atoms with E-state index in [0.717, 1.165) is 6.42 Å². The van der Waals surface area contributed by atoms with E-state index in [4.69, 9.17) is 11.5 Å². The largest absolute Gasteiger partial charge is 0.380 e. The van der Waals surface area contributed by atoms with Gasteiger partial charge in [0.1, 0.15) is 6.10 Å². The summed E-state index contributed by atoms with van der Waals surface area (Å²) in [6.07, 6.45) is 5.93. The summed E-state index contributed by atoms with van der Waals surface area (Å²) >= 11 is 0. The van der Waals surface area contributed by atoms with Crippen LogP contribution >= 0.6 is 0 Å². The van der Waals surface area contributed by atoms with Crippen LogP contribution in [0.3, 0.4) is 0 Å². The lowest BCUT2D eigenvalue weighted by molar-refractivity contribution is 0.222. The summed E-state index contributed by atoms with van der Waals surface area (Å²) in [5.41, 5.74) is 2.47. The fourth-order valence-electron chi connectivity index (χ4n) is 1.25. The number of terminal acetylenes is 1. The van der Waals surface area contributed by atoms with Crippen LogP contribution in [0.2, 0.25) is 0 Å². The molecule has 0 bridgehead atoms. The van der Waals surface area contributed by atoms with Crippen molar-refractivity contribution in [3.05, 3.63) is 35.4 Å². The summed E-state index contributed by atoms with van der Waals surface area (Å²) in [6, 6.07) is 8.24. The molecule has 0 radical (unpaired) electrons. The molecule has 0 aliphatic rings. The van der Waals surface area contributed by atoms with E-state index < -0.39 is 6.10 Å². The van der Waals surface area contributed by atoms with Crippen molar-refractivity contribution in [2.24, 2.45) is 0 Å². The topological polar surface area (TPSA) is 20.2 Å². The predicted molar refractivity (Wildman–Crippen MR) is 54.3 cm³/mol. The average molecular weight is 174 g/mol. The van der Waals surface area contributed by atoms with Gasteiger partial charge < -0.3 is 5.11 Å². The average Bonchev–Trinajstić information content (AvgIpc) is 2.14. The fraction of sp³-hybridized carbons (Fsp3) is 0.333. The van der Waals surface area contributed by atoms with Gasteiger partial charge in [-0.25, -0.2) is 0 Å².